The van der Waals surface area contributed by atoms with Crippen LogP contribution < -0.4 is 4.74 Å². The molecular weight excluding hydrogens is 308 g/mol. The van der Waals surface area contributed by atoms with Crippen molar-refractivity contribution in [2.45, 2.75) is 19.5 Å². The van der Waals surface area contributed by atoms with Crippen molar-refractivity contribution in [3.63, 3.8) is 0 Å². The molecule has 23 heavy (non-hydrogen) atoms. The molecule has 1 amide bonds. The molecule has 1 atom stereocenters. The second-order valence-electron chi connectivity index (χ2n) is 5.82. The van der Waals surface area contributed by atoms with Crippen LogP contribution in [0.15, 0.2) is 41.8 Å². The molecular formula is C18H22N2O2S. The summed E-state index contributed by atoms with van der Waals surface area (Å²) in [7, 11) is 1.67. The Labute approximate surface area is 141 Å². The van der Waals surface area contributed by atoms with E-state index in [4.69, 9.17) is 4.74 Å². The highest BCUT2D eigenvalue weighted by molar-refractivity contribution is 7.09. The molecule has 1 aliphatic rings. The van der Waals surface area contributed by atoms with Gasteiger partial charge in [0.1, 0.15) is 5.75 Å². The molecule has 0 bridgehead atoms. The van der Waals surface area contributed by atoms with E-state index < -0.39 is 0 Å². The minimum atomic E-state index is 0.104. The summed E-state index contributed by atoms with van der Waals surface area (Å²) in [4.78, 5) is 17.8. The molecule has 1 aliphatic heterocycles. The summed E-state index contributed by atoms with van der Waals surface area (Å²) in [6, 6.07) is 12.4. The van der Waals surface area contributed by atoms with Gasteiger partial charge in [-0.05, 0) is 29.1 Å². The Morgan fingerprint density at radius 2 is 2.04 bits per heavy atom. The molecule has 1 saturated heterocycles. The maximum absolute atomic E-state index is 12.0. The monoisotopic (exact) mass is 330 g/mol. The lowest BCUT2D eigenvalue weighted by Crippen LogP contribution is -2.49. The molecule has 0 saturated carbocycles. The zero-order valence-corrected chi connectivity index (χ0v) is 14.4. The van der Waals surface area contributed by atoms with Crippen LogP contribution in [0.5, 0.6) is 5.75 Å². The lowest BCUT2D eigenvalue weighted by Gasteiger charge is -2.41. The third kappa shape index (κ3) is 3.74. The summed E-state index contributed by atoms with van der Waals surface area (Å²) < 4.78 is 5.23. The summed E-state index contributed by atoms with van der Waals surface area (Å²) in [5.41, 5.74) is 1.16. The Bertz CT molecular complexity index is 640. The van der Waals surface area contributed by atoms with Crippen molar-refractivity contribution < 1.29 is 9.53 Å². The fourth-order valence-corrected chi connectivity index (χ4v) is 3.84. The molecule has 1 aromatic carbocycles. The first-order valence-electron chi connectivity index (χ1n) is 7.83. The molecule has 4 nitrogen and oxygen atoms in total. The first kappa shape index (κ1) is 16.0. The van der Waals surface area contributed by atoms with Gasteiger partial charge < -0.3 is 9.64 Å². The minimum Gasteiger partial charge on any atom is -0.497 e. The number of methoxy groups -OCH3 is 1. The normalized spacial score (nSPS) is 18.9. The van der Waals surface area contributed by atoms with Gasteiger partial charge in [0.2, 0.25) is 5.91 Å². The summed E-state index contributed by atoms with van der Waals surface area (Å²) in [5, 5.41) is 2.11. The zero-order valence-electron chi connectivity index (χ0n) is 13.6. The van der Waals surface area contributed by atoms with E-state index >= 15 is 0 Å². The molecule has 1 aromatic heterocycles. The van der Waals surface area contributed by atoms with E-state index in [1.54, 1.807) is 25.4 Å². The van der Waals surface area contributed by atoms with Gasteiger partial charge in [-0.3, -0.25) is 9.69 Å². The van der Waals surface area contributed by atoms with E-state index in [0.717, 1.165) is 37.5 Å². The van der Waals surface area contributed by atoms with Crippen LogP contribution in [0.1, 0.15) is 23.4 Å². The van der Waals surface area contributed by atoms with Gasteiger partial charge in [-0.15, -0.1) is 11.3 Å². The Balaban J connectivity index is 1.78. The van der Waals surface area contributed by atoms with Crippen molar-refractivity contribution in [1.82, 2.24) is 9.80 Å². The predicted molar refractivity (Wildman–Crippen MR) is 92.7 cm³/mol. The molecule has 0 aliphatic carbocycles. The van der Waals surface area contributed by atoms with Crippen molar-refractivity contribution in [2.24, 2.45) is 0 Å². The molecule has 122 valence electrons. The third-order valence-electron chi connectivity index (χ3n) is 4.33. The van der Waals surface area contributed by atoms with Crippen molar-refractivity contribution in [3.05, 3.63) is 52.2 Å². The standard InChI is InChI=1S/C18H22N2O2S/c1-14(21)20-10-9-19(12-17-4-3-11-23-17)13-18(20)15-5-7-16(22-2)8-6-15/h3-8,11,18H,9-10,12-13H2,1-2H3/t18-/m1/s1. The fraction of sp³-hybridized carbons (Fsp3) is 0.389. The second-order valence-corrected chi connectivity index (χ2v) is 6.85. The first-order valence-corrected chi connectivity index (χ1v) is 8.71. The van der Waals surface area contributed by atoms with Gasteiger partial charge in [0.15, 0.2) is 0 Å². The number of hydrogen-bond donors (Lipinski definition) is 0. The SMILES string of the molecule is COc1ccc([C@H]2CN(Cc3cccs3)CCN2C(C)=O)cc1. The highest BCUT2D eigenvalue weighted by Gasteiger charge is 2.29. The van der Waals surface area contributed by atoms with Gasteiger partial charge >= 0.3 is 0 Å². The molecule has 2 heterocycles. The van der Waals surface area contributed by atoms with Gasteiger partial charge in [0.05, 0.1) is 13.2 Å². The number of benzene rings is 1. The van der Waals surface area contributed by atoms with Gasteiger partial charge in [0.25, 0.3) is 0 Å². The minimum absolute atomic E-state index is 0.104. The van der Waals surface area contributed by atoms with Crippen LogP contribution in [0.4, 0.5) is 0 Å². The predicted octanol–water partition coefficient (Wildman–Crippen LogP) is 3.16. The van der Waals surface area contributed by atoms with Crippen LogP contribution in [-0.2, 0) is 11.3 Å². The van der Waals surface area contributed by atoms with E-state index in [-0.39, 0.29) is 11.9 Å². The summed E-state index contributed by atoms with van der Waals surface area (Å²) in [6.45, 7) is 5.17. The van der Waals surface area contributed by atoms with E-state index in [0.29, 0.717) is 0 Å². The molecule has 2 aromatic rings. The summed E-state index contributed by atoms with van der Waals surface area (Å²) in [5.74, 6) is 0.982. The van der Waals surface area contributed by atoms with Crippen LogP contribution in [-0.4, -0.2) is 42.5 Å². The number of piperazine rings is 1. The Hall–Kier alpha value is -1.85. The van der Waals surface area contributed by atoms with Crippen LogP contribution in [0.3, 0.4) is 0 Å². The lowest BCUT2D eigenvalue weighted by atomic mass is 10.0. The quantitative estimate of drug-likeness (QED) is 0.863. The molecule has 5 heteroatoms. The number of amides is 1. The van der Waals surface area contributed by atoms with E-state index in [1.165, 1.54) is 4.88 Å². The molecule has 0 N–H and O–H groups in total. The molecule has 0 spiro atoms. The Kier molecular flexibility index (Phi) is 4.98. The van der Waals surface area contributed by atoms with Crippen molar-refractivity contribution in [2.75, 3.05) is 26.7 Å². The van der Waals surface area contributed by atoms with Crippen LogP contribution >= 0.6 is 11.3 Å². The summed E-state index contributed by atoms with van der Waals surface area (Å²) >= 11 is 1.79. The molecule has 3 rings (SSSR count). The van der Waals surface area contributed by atoms with Crippen molar-refractivity contribution >= 4 is 17.2 Å². The van der Waals surface area contributed by atoms with Gasteiger partial charge in [-0.2, -0.15) is 0 Å². The number of rotatable bonds is 4. The zero-order chi connectivity index (χ0) is 16.2. The Morgan fingerprint density at radius 3 is 2.65 bits per heavy atom. The molecule has 1 fully saturated rings. The largest absolute Gasteiger partial charge is 0.497 e. The highest BCUT2D eigenvalue weighted by Crippen LogP contribution is 2.28. The fourth-order valence-electron chi connectivity index (χ4n) is 3.09. The number of hydrogen-bond acceptors (Lipinski definition) is 4. The average Bonchev–Trinajstić information content (AvgIpc) is 3.07. The van der Waals surface area contributed by atoms with E-state index in [2.05, 4.69) is 34.5 Å². The lowest BCUT2D eigenvalue weighted by molar-refractivity contribution is -0.134. The number of thiophene rings is 1. The van der Waals surface area contributed by atoms with Crippen LogP contribution in [0, 0.1) is 0 Å². The second kappa shape index (κ2) is 7.15. The number of carbonyl (C=O) groups excluding carboxylic acids is 1. The summed E-state index contributed by atoms with van der Waals surface area (Å²) in [6.07, 6.45) is 0. The topological polar surface area (TPSA) is 32.8 Å². The van der Waals surface area contributed by atoms with Gasteiger partial charge in [0, 0.05) is 38.0 Å². The van der Waals surface area contributed by atoms with Gasteiger partial charge in [-0.25, -0.2) is 0 Å². The number of carbonyl (C=O) groups is 1. The molecule has 0 unspecified atom stereocenters. The van der Waals surface area contributed by atoms with Crippen molar-refractivity contribution in [3.8, 4) is 5.75 Å². The maximum atomic E-state index is 12.0. The maximum Gasteiger partial charge on any atom is 0.220 e. The van der Waals surface area contributed by atoms with E-state index in [1.807, 2.05) is 17.0 Å². The third-order valence-corrected chi connectivity index (χ3v) is 5.19. The first-order chi connectivity index (χ1) is 11.2. The van der Waals surface area contributed by atoms with Crippen LogP contribution in [0.25, 0.3) is 0 Å². The molecule has 0 radical (unpaired) electrons. The number of nitrogens with zero attached hydrogens (tertiary/aromatic N) is 2. The average molecular weight is 330 g/mol. The van der Waals surface area contributed by atoms with Gasteiger partial charge in [-0.1, -0.05) is 18.2 Å². The Morgan fingerprint density at radius 1 is 1.26 bits per heavy atom. The van der Waals surface area contributed by atoms with Crippen molar-refractivity contribution in [1.29, 1.82) is 0 Å². The highest BCUT2D eigenvalue weighted by atomic mass is 32.1. The number of ether oxygens (including phenoxy) is 1. The smallest absolute Gasteiger partial charge is 0.220 e. The van der Waals surface area contributed by atoms with Crippen LogP contribution in [0.2, 0.25) is 0 Å². The van der Waals surface area contributed by atoms with E-state index in [9.17, 15) is 4.79 Å².